The molecule has 1 aromatic heterocycles. The maximum absolute atomic E-state index is 12.7. The maximum atomic E-state index is 12.7. The molecule has 0 bridgehead atoms. The smallest absolute Gasteiger partial charge is 0.223 e. The number of carbonyl (C=O) groups excluding carboxylic acids is 2. The maximum Gasteiger partial charge on any atom is 0.223 e. The molecule has 1 heterocycles. The zero-order valence-corrected chi connectivity index (χ0v) is 20.0. The minimum atomic E-state index is -0.0682. The van der Waals surface area contributed by atoms with Crippen LogP contribution in [-0.2, 0) is 22.4 Å². The van der Waals surface area contributed by atoms with Crippen LogP contribution in [0.1, 0.15) is 24.5 Å². The van der Waals surface area contributed by atoms with Crippen molar-refractivity contribution >= 4 is 23.5 Å². The average molecular weight is 473 g/mol. The number of nitrogens with zero attached hydrogens (tertiary/aromatic N) is 2. The number of carbonyl (C=O) groups is 2. The first kappa shape index (κ1) is 24.2. The standard InChI is InChI=1S/C27H32N6O2/c1-19(34)28-13-14-29-24-18-25(33-26(32-24)21-8-3-2-4-9-21)30-15-16-31-27(35)23-12-11-20-7-5-6-10-22(20)17-23/h2-10,18,23H,11-17H2,1H3,(H,28,34)(H,31,35)(H2,29,30,32,33). The van der Waals surface area contributed by atoms with Crippen LogP contribution in [0, 0.1) is 5.92 Å². The third kappa shape index (κ3) is 7.02. The largest absolute Gasteiger partial charge is 0.368 e. The third-order valence-corrected chi connectivity index (χ3v) is 6.01. The van der Waals surface area contributed by atoms with Crippen molar-refractivity contribution in [2.24, 2.45) is 5.92 Å². The molecule has 0 saturated heterocycles. The van der Waals surface area contributed by atoms with Gasteiger partial charge in [0.05, 0.1) is 0 Å². The Hall–Kier alpha value is -3.94. The predicted molar refractivity (Wildman–Crippen MR) is 138 cm³/mol. The Morgan fingerprint density at radius 1 is 0.829 bits per heavy atom. The molecule has 0 spiro atoms. The van der Waals surface area contributed by atoms with Crippen molar-refractivity contribution in [2.75, 3.05) is 36.8 Å². The highest BCUT2D eigenvalue weighted by Crippen LogP contribution is 2.25. The van der Waals surface area contributed by atoms with Crippen molar-refractivity contribution in [2.45, 2.75) is 26.2 Å². The molecule has 0 fully saturated rings. The normalized spacial score (nSPS) is 14.5. The lowest BCUT2D eigenvalue weighted by atomic mass is 9.83. The molecule has 1 aliphatic rings. The minimum absolute atomic E-state index is 0.0213. The van der Waals surface area contributed by atoms with E-state index in [4.69, 9.17) is 0 Å². The van der Waals surface area contributed by atoms with Crippen LogP contribution in [0.4, 0.5) is 11.6 Å². The molecular formula is C27H32N6O2. The van der Waals surface area contributed by atoms with Crippen molar-refractivity contribution in [1.29, 1.82) is 0 Å². The zero-order chi connectivity index (χ0) is 24.5. The fourth-order valence-corrected chi connectivity index (χ4v) is 4.22. The second-order valence-corrected chi connectivity index (χ2v) is 8.66. The van der Waals surface area contributed by atoms with Gasteiger partial charge in [-0.15, -0.1) is 0 Å². The Morgan fingerprint density at radius 3 is 2.14 bits per heavy atom. The number of rotatable bonds is 10. The van der Waals surface area contributed by atoms with Crippen LogP contribution in [0.5, 0.6) is 0 Å². The van der Waals surface area contributed by atoms with Crippen LogP contribution in [0.2, 0.25) is 0 Å². The van der Waals surface area contributed by atoms with E-state index in [1.165, 1.54) is 18.1 Å². The first-order chi connectivity index (χ1) is 17.1. The highest BCUT2D eigenvalue weighted by Gasteiger charge is 2.24. The predicted octanol–water partition coefficient (Wildman–Crippen LogP) is 3.02. The Labute approximate surface area is 206 Å². The molecule has 2 aromatic carbocycles. The van der Waals surface area contributed by atoms with Crippen LogP contribution in [0.25, 0.3) is 11.4 Å². The number of anilines is 2. The summed E-state index contributed by atoms with van der Waals surface area (Å²) in [6, 6.07) is 20.0. The molecule has 0 radical (unpaired) electrons. The van der Waals surface area contributed by atoms with Crippen LogP contribution in [-0.4, -0.2) is 48.0 Å². The number of fused-ring (bicyclic) bond motifs is 1. The number of benzene rings is 2. The number of aryl methyl sites for hydroxylation is 1. The van der Waals surface area contributed by atoms with Gasteiger partial charge in [0.1, 0.15) is 11.6 Å². The van der Waals surface area contributed by atoms with E-state index in [1.807, 2.05) is 42.5 Å². The molecule has 2 amide bonds. The summed E-state index contributed by atoms with van der Waals surface area (Å²) >= 11 is 0. The Bertz CT molecular complexity index is 1150. The van der Waals surface area contributed by atoms with E-state index >= 15 is 0 Å². The Morgan fingerprint density at radius 2 is 1.46 bits per heavy atom. The van der Waals surface area contributed by atoms with Gasteiger partial charge in [0.15, 0.2) is 5.82 Å². The van der Waals surface area contributed by atoms with Crippen LogP contribution < -0.4 is 21.3 Å². The van der Waals surface area contributed by atoms with Crippen LogP contribution in [0.15, 0.2) is 60.7 Å². The van der Waals surface area contributed by atoms with Gasteiger partial charge in [-0.1, -0.05) is 54.6 Å². The minimum Gasteiger partial charge on any atom is -0.368 e. The summed E-state index contributed by atoms with van der Waals surface area (Å²) in [5, 5.41) is 12.4. The van der Waals surface area contributed by atoms with Gasteiger partial charge in [-0.25, -0.2) is 9.97 Å². The summed E-state index contributed by atoms with van der Waals surface area (Å²) in [6.07, 6.45) is 2.64. The zero-order valence-electron chi connectivity index (χ0n) is 20.0. The highest BCUT2D eigenvalue weighted by atomic mass is 16.2. The highest BCUT2D eigenvalue weighted by molar-refractivity contribution is 5.79. The number of aromatic nitrogens is 2. The molecule has 8 nitrogen and oxygen atoms in total. The van der Waals surface area contributed by atoms with E-state index < -0.39 is 0 Å². The summed E-state index contributed by atoms with van der Waals surface area (Å²) in [5.41, 5.74) is 3.55. The van der Waals surface area contributed by atoms with Crippen molar-refractivity contribution in [1.82, 2.24) is 20.6 Å². The molecule has 0 aliphatic heterocycles. The molecule has 1 unspecified atom stereocenters. The summed E-state index contributed by atoms with van der Waals surface area (Å²) < 4.78 is 0. The van der Waals surface area contributed by atoms with E-state index in [1.54, 1.807) is 0 Å². The van der Waals surface area contributed by atoms with Gasteiger partial charge < -0.3 is 21.3 Å². The molecule has 182 valence electrons. The van der Waals surface area contributed by atoms with Gasteiger partial charge in [-0.2, -0.15) is 0 Å². The average Bonchev–Trinajstić information content (AvgIpc) is 2.89. The molecule has 35 heavy (non-hydrogen) atoms. The lowest BCUT2D eigenvalue weighted by molar-refractivity contribution is -0.125. The number of hydrogen-bond acceptors (Lipinski definition) is 6. The van der Waals surface area contributed by atoms with Gasteiger partial charge in [0, 0.05) is 50.7 Å². The third-order valence-electron chi connectivity index (χ3n) is 6.01. The van der Waals surface area contributed by atoms with E-state index in [0.29, 0.717) is 43.6 Å². The van der Waals surface area contributed by atoms with Gasteiger partial charge in [-0.3, -0.25) is 9.59 Å². The SMILES string of the molecule is CC(=O)NCCNc1cc(NCCNC(=O)C2CCc3ccccc3C2)nc(-c2ccccc2)n1. The molecule has 1 atom stereocenters. The fraction of sp³-hybridized carbons (Fsp3) is 0.333. The van der Waals surface area contributed by atoms with Crippen LogP contribution >= 0.6 is 0 Å². The summed E-state index contributed by atoms with van der Waals surface area (Å²) in [6.45, 7) is 3.59. The molecule has 4 N–H and O–H groups in total. The monoisotopic (exact) mass is 472 g/mol. The molecule has 8 heteroatoms. The lowest BCUT2D eigenvalue weighted by Crippen LogP contribution is -2.36. The Kier molecular flexibility index (Phi) is 8.27. The van der Waals surface area contributed by atoms with Crippen LogP contribution in [0.3, 0.4) is 0 Å². The lowest BCUT2D eigenvalue weighted by Gasteiger charge is -2.23. The van der Waals surface area contributed by atoms with E-state index in [9.17, 15) is 9.59 Å². The van der Waals surface area contributed by atoms with Gasteiger partial charge in [0.25, 0.3) is 0 Å². The van der Waals surface area contributed by atoms with E-state index in [-0.39, 0.29) is 17.7 Å². The molecular weight excluding hydrogens is 440 g/mol. The Balaban J connectivity index is 1.32. The van der Waals surface area contributed by atoms with Crippen molar-refractivity contribution in [3.63, 3.8) is 0 Å². The summed E-state index contributed by atoms with van der Waals surface area (Å²) in [7, 11) is 0. The van der Waals surface area contributed by atoms with Gasteiger partial charge in [0.2, 0.25) is 11.8 Å². The van der Waals surface area contributed by atoms with Crippen molar-refractivity contribution in [3.05, 3.63) is 71.8 Å². The molecule has 0 saturated carbocycles. The second kappa shape index (κ2) is 12.0. The van der Waals surface area contributed by atoms with Gasteiger partial charge in [-0.05, 0) is 30.4 Å². The molecule has 4 rings (SSSR count). The molecule has 1 aliphatic carbocycles. The van der Waals surface area contributed by atoms with Gasteiger partial charge >= 0.3 is 0 Å². The molecule has 3 aromatic rings. The first-order valence-corrected chi connectivity index (χ1v) is 12.1. The fourth-order valence-electron chi connectivity index (χ4n) is 4.22. The number of hydrogen-bond donors (Lipinski definition) is 4. The quantitative estimate of drug-likeness (QED) is 0.338. The topological polar surface area (TPSA) is 108 Å². The second-order valence-electron chi connectivity index (χ2n) is 8.66. The summed E-state index contributed by atoms with van der Waals surface area (Å²) in [5.74, 6) is 1.99. The van der Waals surface area contributed by atoms with Crippen molar-refractivity contribution < 1.29 is 9.59 Å². The number of amides is 2. The number of nitrogens with one attached hydrogen (secondary N) is 4. The summed E-state index contributed by atoms with van der Waals surface area (Å²) in [4.78, 5) is 33.1. The van der Waals surface area contributed by atoms with E-state index in [0.717, 1.165) is 24.8 Å². The van der Waals surface area contributed by atoms with E-state index in [2.05, 4.69) is 49.4 Å². The van der Waals surface area contributed by atoms with Crippen molar-refractivity contribution in [3.8, 4) is 11.4 Å². The first-order valence-electron chi connectivity index (χ1n) is 12.1.